The zero-order valence-corrected chi connectivity index (χ0v) is 18.5. The highest BCUT2D eigenvalue weighted by molar-refractivity contribution is 7.12. The van der Waals surface area contributed by atoms with Gasteiger partial charge in [0.15, 0.2) is 0 Å². The predicted molar refractivity (Wildman–Crippen MR) is 126 cm³/mol. The van der Waals surface area contributed by atoms with Gasteiger partial charge in [-0.25, -0.2) is 4.79 Å². The van der Waals surface area contributed by atoms with Crippen LogP contribution in [0.1, 0.15) is 25.6 Å². The van der Waals surface area contributed by atoms with E-state index in [0.717, 1.165) is 5.56 Å². The molecule has 0 saturated carbocycles. The average molecular weight is 453 g/mol. The molecule has 0 bridgehead atoms. The van der Waals surface area contributed by atoms with Crippen LogP contribution < -0.4 is 26.0 Å². The van der Waals surface area contributed by atoms with E-state index in [1.807, 2.05) is 30.5 Å². The van der Waals surface area contributed by atoms with Crippen molar-refractivity contribution in [3.05, 3.63) is 76.0 Å². The summed E-state index contributed by atoms with van der Waals surface area (Å²) in [6.07, 6.45) is 0. The van der Waals surface area contributed by atoms with Crippen molar-refractivity contribution in [2.75, 3.05) is 30.8 Å². The maximum atomic E-state index is 12.3. The SMILES string of the molecule is COc1ccc(C)cc1NC(=O)Nc1ccc(C(=O)NCCNC(=O)c2cccs2)cc1. The molecule has 0 fully saturated rings. The van der Waals surface area contributed by atoms with Crippen LogP contribution in [0, 0.1) is 6.92 Å². The Labute approximate surface area is 190 Å². The van der Waals surface area contributed by atoms with Gasteiger partial charge in [-0.3, -0.25) is 9.59 Å². The van der Waals surface area contributed by atoms with Crippen LogP contribution >= 0.6 is 11.3 Å². The van der Waals surface area contributed by atoms with Crippen molar-refractivity contribution in [2.45, 2.75) is 6.92 Å². The van der Waals surface area contributed by atoms with Gasteiger partial charge in [0.2, 0.25) is 0 Å². The van der Waals surface area contributed by atoms with E-state index in [1.165, 1.54) is 18.4 Å². The number of anilines is 2. The fourth-order valence-corrected chi connectivity index (χ4v) is 3.50. The van der Waals surface area contributed by atoms with Gasteiger partial charge in [0.05, 0.1) is 17.7 Å². The number of amides is 4. The summed E-state index contributed by atoms with van der Waals surface area (Å²) in [6, 6.07) is 15.1. The Balaban J connectivity index is 1.46. The largest absolute Gasteiger partial charge is 0.495 e. The minimum atomic E-state index is -0.424. The van der Waals surface area contributed by atoms with Gasteiger partial charge in [-0.15, -0.1) is 11.3 Å². The Morgan fingerprint density at radius 1 is 0.906 bits per heavy atom. The molecule has 3 rings (SSSR count). The highest BCUT2D eigenvalue weighted by Crippen LogP contribution is 2.25. The van der Waals surface area contributed by atoms with Gasteiger partial charge in [-0.05, 0) is 60.3 Å². The highest BCUT2D eigenvalue weighted by atomic mass is 32.1. The van der Waals surface area contributed by atoms with E-state index in [0.29, 0.717) is 40.7 Å². The molecule has 8 nitrogen and oxygen atoms in total. The topological polar surface area (TPSA) is 109 Å². The molecule has 2 aromatic carbocycles. The number of hydrogen-bond donors (Lipinski definition) is 4. The summed E-state index contributed by atoms with van der Waals surface area (Å²) in [5.74, 6) is 0.131. The van der Waals surface area contributed by atoms with Gasteiger partial charge >= 0.3 is 6.03 Å². The number of rotatable bonds is 8. The molecule has 0 saturated heterocycles. The first-order chi connectivity index (χ1) is 15.5. The summed E-state index contributed by atoms with van der Waals surface area (Å²) in [6.45, 7) is 2.55. The van der Waals surface area contributed by atoms with Crippen molar-refractivity contribution in [2.24, 2.45) is 0 Å². The van der Waals surface area contributed by atoms with Crippen LogP contribution in [0.4, 0.5) is 16.2 Å². The van der Waals surface area contributed by atoms with Crippen LogP contribution in [0.25, 0.3) is 0 Å². The standard InChI is InChI=1S/C23H24N4O4S/c1-15-5-10-19(31-2)18(14-15)27-23(30)26-17-8-6-16(7-9-17)21(28)24-11-12-25-22(29)20-4-3-13-32-20/h3-10,13-14H,11-12H2,1-2H3,(H,24,28)(H,25,29)(H2,26,27,30). The number of carbonyl (C=O) groups is 3. The molecule has 0 aliphatic heterocycles. The maximum absolute atomic E-state index is 12.3. The summed E-state index contributed by atoms with van der Waals surface area (Å²) >= 11 is 1.36. The first kappa shape index (κ1) is 22.8. The van der Waals surface area contributed by atoms with Gasteiger partial charge in [-0.1, -0.05) is 12.1 Å². The number of thiophene rings is 1. The molecular weight excluding hydrogens is 428 g/mol. The molecule has 166 valence electrons. The molecule has 0 atom stereocenters. The van der Waals surface area contributed by atoms with Crippen LogP contribution in [0.15, 0.2) is 60.0 Å². The molecular formula is C23H24N4O4S. The van der Waals surface area contributed by atoms with Gasteiger partial charge in [0, 0.05) is 24.3 Å². The van der Waals surface area contributed by atoms with E-state index in [4.69, 9.17) is 4.74 Å². The van der Waals surface area contributed by atoms with Crippen LogP contribution in [-0.2, 0) is 0 Å². The lowest BCUT2D eigenvalue weighted by Gasteiger charge is -2.12. The summed E-state index contributed by atoms with van der Waals surface area (Å²) in [5.41, 5.74) is 2.53. The van der Waals surface area contributed by atoms with E-state index in [9.17, 15) is 14.4 Å². The second kappa shape index (κ2) is 11.0. The molecule has 0 unspecified atom stereocenters. The number of hydrogen-bond acceptors (Lipinski definition) is 5. The van der Waals surface area contributed by atoms with Crippen molar-refractivity contribution < 1.29 is 19.1 Å². The van der Waals surface area contributed by atoms with Crippen LogP contribution in [0.2, 0.25) is 0 Å². The van der Waals surface area contributed by atoms with Crippen molar-refractivity contribution in [3.63, 3.8) is 0 Å². The minimum absolute atomic E-state index is 0.161. The number of carbonyl (C=O) groups excluding carboxylic acids is 3. The lowest BCUT2D eigenvalue weighted by atomic mass is 10.2. The predicted octanol–water partition coefficient (Wildman–Crippen LogP) is 3.87. The molecule has 1 aromatic heterocycles. The molecule has 0 aliphatic rings. The fraction of sp³-hybridized carbons (Fsp3) is 0.174. The van der Waals surface area contributed by atoms with E-state index in [1.54, 1.807) is 36.4 Å². The summed E-state index contributed by atoms with van der Waals surface area (Å²) < 4.78 is 5.26. The molecule has 4 N–H and O–H groups in total. The highest BCUT2D eigenvalue weighted by Gasteiger charge is 2.10. The quantitative estimate of drug-likeness (QED) is 0.389. The number of benzene rings is 2. The Bertz CT molecular complexity index is 1080. The van der Waals surface area contributed by atoms with Crippen molar-refractivity contribution in [3.8, 4) is 5.75 Å². The number of ether oxygens (including phenoxy) is 1. The monoisotopic (exact) mass is 452 g/mol. The van der Waals surface area contributed by atoms with Crippen LogP contribution in [-0.4, -0.2) is 38.0 Å². The minimum Gasteiger partial charge on any atom is -0.495 e. The van der Waals surface area contributed by atoms with E-state index >= 15 is 0 Å². The van der Waals surface area contributed by atoms with Crippen molar-refractivity contribution >= 4 is 40.6 Å². The third-order valence-electron chi connectivity index (χ3n) is 4.45. The average Bonchev–Trinajstić information content (AvgIpc) is 3.32. The van der Waals surface area contributed by atoms with Gasteiger partial charge < -0.3 is 26.0 Å². The third kappa shape index (κ3) is 6.32. The number of nitrogens with one attached hydrogen (secondary N) is 4. The molecule has 1 heterocycles. The maximum Gasteiger partial charge on any atom is 0.323 e. The van der Waals surface area contributed by atoms with E-state index in [-0.39, 0.29) is 11.8 Å². The van der Waals surface area contributed by atoms with Gasteiger partial charge in [0.1, 0.15) is 5.75 Å². The zero-order chi connectivity index (χ0) is 22.9. The van der Waals surface area contributed by atoms with Gasteiger partial charge in [0.25, 0.3) is 11.8 Å². The summed E-state index contributed by atoms with van der Waals surface area (Å²) in [5, 5.41) is 12.8. The Morgan fingerprint density at radius 3 is 2.28 bits per heavy atom. The summed E-state index contributed by atoms with van der Waals surface area (Å²) in [7, 11) is 1.54. The lowest BCUT2D eigenvalue weighted by molar-refractivity contribution is 0.0929. The molecule has 0 radical (unpaired) electrons. The van der Waals surface area contributed by atoms with E-state index < -0.39 is 6.03 Å². The second-order valence-electron chi connectivity index (χ2n) is 6.85. The molecule has 4 amide bonds. The number of aryl methyl sites for hydroxylation is 1. The Morgan fingerprint density at radius 2 is 1.62 bits per heavy atom. The van der Waals surface area contributed by atoms with Crippen molar-refractivity contribution in [1.82, 2.24) is 10.6 Å². The lowest BCUT2D eigenvalue weighted by Crippen LogP contribution is -2.34. The summed E-state index contributed by atoms with van der Waals surface area (Å²) in [4.78, 5) is 37.0. The third-order valence-corrected chi connectivity index (χ3v) is 5.32. The molecule has 0 aliphatic carbocycles. The van der Waals surface area contributed by atoms with E-state index in [2.05, 4.69) is 21.3 Å². The van der Waals surface area contributed by atoms with Gasteiger partial charge in [-0.2, -0.15) is 0 Å². The Hall–Kier alpha value is -3.85. The van der Waals surface area contributed by atoms with Crippen LogP contribution in [0.3, 0.4) is 0 Å². The number of urea groups is 1. The molecule has 0 spiro atoms. The molecule has 9 heteroatoms. The van der Waals surface area contributed by atoms with Crippen molar-refractivity contribution in [1.29, 1.82) is 0 Å². The first-order valence-electron chi connectivity index (χ1n) is 9.89. The van der Waals surface area contributed by atoms with Crippen LogP contribution in [0.5, 0.6) is 5.75 Å². The zero-order valence-electron chi connectivity index (χ0n) is 17.7. The normalized spacial score (nSPS) is 10.2. The fourth-order valence-electron chi connectivity index (χ4n) is 2.86. The molecule has 32 heavy (non-hydrogen) atoms. The second-order valence-corrected chi connectivity index (χ2v) is 7.80. The first-order valence-corrected chi connectivity index (χ1v) is 10.8. The molecule has 3 aromatic rings. The Kier molecular flexibility index (Phi) is 7.82. The number of methoxy groups -OCH3 is 1. The smallest absolute Gasteiger partial charge is 0.323 e.